The van der Waals surface area contributed by atoms with E-state index in [1.54, 1.807) is 42.5 Å². The van der Waals surface area contributed by atoms with E-state index in [0.29, 0.717) is 22.0 Å². The van der Waals surface area contributed by atoms with Gasteiger partial charge in [0.1, 0.15) is 12.4 Å². The summed E-state index contributed by atoms with van der Waals surface area (Å²) in [6.45, 7) is 1.50. The van der Waals surface area contributed by atoms with Gasteiger partial charge in [0.2, 0.25) is 5.91 Å². The number of nitrogens with zero attached hydrogens (tertiary/aromatic N) is 1. The van der Waals surface area contributed by atoms with Gasteiger partial charge in [-0.3, -0.25) is 14.5 Å². The molecule has 2 amide bonds. The lowest BCUT2D eigenvalue weighted by atomic mass is 9.87. The van der Waals surface area contributed by atoms with E-state index in [-0.39, 0.29) is 12.1 Å². The highest BCUT2D eigenvalue weighted by molar-refractivity contribution is 6.31. The Bertz CT molecular complexity index is 1170. The first-order valence-electron chi connectivity index (χ1n) is 9.26. The van der Waals surface area contributed by atoms with E-state index in [0.717, 1.165) is 11.6 Å². The zero-order chi connectivity index (χ0) is 21.5. The first-order valence-corrected chi connectivity index (χ1v) is 9.64. The summed E-state index contributed by atoms with van der Waals surface area (Å²) in [5, 5.41) is 14.6. The van der Waals surface area contributed by atoms with Crippen molar-refractivity contribution in [3.05, 3.63) is 94.3 Å². The van der Waals surface area contributed by atoms with Gasteiger partial charge in [-0.15, -0.1) is 0 Å². The van der Waals surface area contributed by atoms with Crippen LogP contribution >= 0.6 is 11.6 Å². The van der Waals surface area contributed by atoms with Crippen LogP contribution in [-0.2, 0) is 15.2 Å². The summed E-state index contributed by atoms with van der Waals surface area (Å²) in [5.41, 5.74) is 0.0726. The molecule has 0 spiro atoms. The number of rotatable bonds is 4. The minimum Gasteiger partial charge on any atom is -0.372 e. The van der Waals surface area contributed by atoms with E-state index in [4.69, 9.17) is 11.6 Å². The molecule has 5 nitrogen and oxygen atoms in total. The zero-order valence-electron chi connectivity index (χ0n) is 16.0. The molecule has 2 N–H and O–H groups in total. The van der Waals surface area contributed by atoms with Gasteiger partial charge in [-0.2, -0.15) is 0 Å². The quantitative estimate of drug-likeness (QED) is 0.665. The Morgan fingerprint density at radius 2 is 1.90 bits per heavy atom. The van der Waals surface area contributed by atoms with E-state index in [9.17, 15) is 19.1 Å². The van der Waals surface area contributed by atoms with Crippen molar-refractivity contribution in [1.29, 1.82) is 0 Å². The number of fused-ring (bicyclic) bond motifs is 1. The minimum atomic E-state index is -2.08. The van der Waals surface area contributed by atoms with Gasteiger partial charge < -0.3 is 10.4 Å². The molecule has 1 atom stereocenters. The maximum absolute atomic E-state index is 13.8. The van der Waals surface area contributed by atoms with Crippen molar-refractivity contribution in [2.45, 2.75) is 12.5 Å². The summed E-state index contributed by atoms with van der Waals surface area (Å²) in [4.78, 5) is 27.2. The number of amides is 2. The average Bonchev–Trinajstić information content (AvgIpc) is 2.94. The Hall–Kier alpha value is -3.22. The second-order valence-corrected chi connectivity index (χ2v) is 7.57. The number of benzene rings is 3. The SMILES string of the molecule is Cc1ccc(Cl)cc1NC(=O)CN1C(=O)C(O)(c2cccc(F)c2)c2ccccc21. The fraction of sp³-hybridized carbons (Fsp3) is 0.130. The highest BCUT2D eigenvalue weighted by Crippen LogP contribution is 2.44. The van der Waals surface area contributed by atoms with Crippen molar-refractivity contribution >= 4 is 34.8 Å². The van der Waals surface area contributed by atoms with Crippen LogP contribution in [0, 0.1) is 12.7 Å². The van der Waals surface area contributed by atoms with Crippen molar-refractivity contribution in [2.24, 2.45) is 0 Å². The smallest absolute Gasteiger partial charge is 0.268 e. The molecule has 0 aliphatic carbocycles. The number of carbonyl (C=O) groups excluding carboxylic acids is 2. The van der Waals surface area contributed by atoms with Crippen LogP contribution in [0.4, 0.5) is 15.8 Å². The maximum Gasteiger partial charge on any atom is 0.268 e. The highest BCUT2D eigenvalue weighted by Gasteiger charge is 2.51. The monoisotopic (exact) mass is 424 g/mol. The molecular formula is C23H18ClFN2O3. The van der Waals surface area contributed by atoms with Crippen LogP contribution in [-0.4, -0.2) is 23.5 Å². The molecule has 0 fully saturated rings. The van der Waals surface area contributed by atoms with Crippen LogP contribution in [0.1, 0.15) is 16.7 Å². The van der Waals surface area contributed by atoms with Gasteiger partial charge in [-0.1, -0.05) is 48.0 Å². The van der Waals surface area contributed by atoms with Crippen LogP contribution in [0.15, 0.2) is 66.7 Å². The van der Waals surface area contributed by atoms with E-state index >= 15 is 0 Å². The number of hydrogen-bond acceptors (Lipinski definition) is 3. The van der Waals surface area contributed by atoms with Gasteiger partial charge >= 0.3 is 0 Å². The molecule has 152 valence electrons. The molecule has 1 aliphatic heterocycles. The number of aryl methyl sites for hydroxylation is 1. The maximum atomic E-state index is 13.8. The topological polar surface area (TPSA) is 69.6 Å². The summed E-state index contributed by atoms with van der Waals surface area (Å²) in [6, 6.07) is 17.0. The first-order chi connectivity index (χ1) is 14.3. The van der Waals surface area contributed by atoms with E-state index in [1.807, 2.05) is 6.92 Å². The van der Waals surface area contributed by atoms with E-state index in [1.165, 1.54) is 23.1 Å². The summed E-state index contributed by atoms with van der Waals surface area (Å²) < 4.78 is 13.8. The zero-order valence-corrected chi connectivity index (χ0v) is 16.8. The first kappa shape index (κ1) is 20.1. The van der Waals surface area contributed by atoms with Gasteiger partial charge in [0, 0.05) is 21.8 Å². The molecule has 3 aromatic carbocycles. The molecular weight excluding hydrogens is 407 g/mol. The van der Waals surface area contributed by atoms with Crippen LogP contribution in [0.2, 0.25) is 5.02 Å². The average molecular weight is 425 g/mol. The van der Waals surface area contributed by atoms with Crippen molar-refractivity contribution in [3.63, 3.8) is 0 Å². The molecule has 7 heteroatoms. The molecule has 1 heterocycles. The minimum absolute atomic E-state index is 0.105. The predicted octanol–water partition coefficient (Wildman–Crippen LogP) is 4.01. The molecule has 0 bridgehead atoms. The summed E-state index contributed by atoms with van der Waals surface area (Å²) in [6.07, 6.45) is 0. The largest absolute Gasteiger partial charge is 0.372 e. The number of anilines is 2. The highest BCUT2D eigenvalue weighted by atomic mass is 35.5. The van der Waals surface area contributed by atoms with Crippen molar-refractivity contribution in [1.82, 2.24) is 0 Å². The van der Waals surface area contributed by atoms with Crippen LogP contribution in [0.5, 0.6) is 0 Å². The third-order valence-electron chi connectivity index (χ3n) is 5.16. The number of carbonyl (C=O) groups is 2. The Balaban J connectivity index is 1.67. The molecule has 3 aromatic rings. The number of hydrogen-bond donors (Lipinski definition) is 2. The lowest BCUT2D eigenvalue weighted by molar-refractivity contribution is -0.133. The standard InChI is InChI=1S/C23H18ClFN2O3/c1-14-9-10-16(24)12-19(14)26-21(28)13-27-20-8-3-2-7-18(20)23(30,22(27)29)15-5-4-6-17(25)11-15/h2-12,30H,13H2,1H3,(H,26,28). The van der Waals surface area contributed by atoms with Crippen LogP contribution < -0.4 is 10.2 Å². The molecule has 0 aromatic heterocycles. The number of halogens is 2. The second-order valence-electron chi connectivity index (χ2n) is 7.14. The lowest BCUT2D eigenvalue weighted by Gasteiger charge is -2.23. The van der Waals surface area contributed by atoms with Crippen molar-refractivity contribution in [2.75, 3.05) is 16.8 Å². The molecule has 0 saturated carbocycles. The molecule has 1 aliphatic rings. The number of nitrogens with one attached hydrogen (secondary N) is 1. The summed E-state index contributed by atoms with van der Waals surface area (Å²) in [5.74, 6) is -1.74. The Morgan fingerprint density at radius 3 is 2.67 bits per heavy atom. The molecule has 1 unspecified atom stereocenters. The predicted molar refractivity (Wildman–Crippen MR) is 113 cm³/mol. The number of aliphatic hydroxyl groups is 1. The van der Waals surface area contributed by atoms with Gasteiger partial charge in [0.05, 0.1) is 5.69 Å². The number of para-hydroxylation sites is 1. The summed E-state index contributed by atoms with van der Waals surface area (Å²) >= 11 is 6.00. The van der Waals surface area contributed by atoms with Gasteiger partial charge in [0.25, 0.3) is 5.91 Å². The van der Waals surface area contributed by atoms with Gasteiger partial charge in [-0.25, -0.2) is 4.39 Å². The van der Waals surface area contributed by atoms with Crippen LogP contribution in [0.3, 0.4) is 0 Å². The summed E-state index contributed by atoms with van der Waals surface area (Å²) in [7, 11) is 0. The van der Waals surface area contributed by atoms with E-state index in [2.05, 4.69) is 5.32 Å². The van der Waals surface area contributed by atoms with E-state index < -0.39 is 23.2 Å². The fourth-order valence-corrected chi connectivity index (χ4v) is 3.82. The fourth-order valence-electron chi connectivity index (χ4n) is 3.65. The molecule has 0 radical (unpaired) electrons. The Morgan fingerprint density at radius 1 is 1.13 bits per heavy atom. The van der Waals surface area contributed by atoms with Crippen molar-refractivity contribution in [3.8, 4) is 0 Å². The van der Waals surface area contributed by atoms with Gasteiger partial charge in [0.15, 0.2) is 5.60 Å². The van der Waals surface area contributed by atoms with Crippen molar-refractivity contribution < 1.29 is 19.1 Å². The Kier molecular flexibility index (Phi) is 5.05. The Labute approximate surface area is 177 Å². The van der Waals surface area contributed by atoms with Gasteiger partial charge in [-0.05, 0) is 42.8 Å². The van der Waals surface area contributed by atoms with Crippen LogP contribution in [0.25, 0.3) is 0 Å². The third kappa shape index (κ3) is 3.34. The molecule has 0 saturated heterocycles. The molecule has 30 heavy (non-hydrogen) atoms. The molecule has 4 rings (SSSR count). The third-order valence-corrected chi connectivity index (χ3v) is 5.39. The lowest BCUT2D eigenvalue weighted by Crippen LogP contribution is -2.44. The second kappa shape index (κ2) is 7.55. The normalized spacial score (nSPS) is 17.7.